The van der Waals surface area contributed by atoms with E-state index < -0.39 is 0 Å². The maximum atomic E-state index is 12.6. The Kier molecular flexibility index (Phi) is 3.75. The van der Waals surface area contributed by atoms with E-state index in [1.807, 2.05) is 31.2 Å². The molecule has 0 unspecified atom stereocenters. The van der Waals surface area contributed by atoms with Crippen LogP contribution in [0.5, 0.6) is 5.75 Å². The zero-order valence-electron chi connectivity index (χ0n) is 12.9. The van der Waals surface area contributed by atoms with E-state index in [0.717, 1.165) is 17.7 Å². The third kappa shape index (κ3) is 2.57. The van der Waals surface area contributed by atoms with Gasteiger partial charge in [-0.3, -0.25) is 4.79 Å². The average Bonchev–Trinajstić information content (AvgIpc) is 3.08. The van der Waals surface area contributed by atoms with Crippen molar-refractivity contribution >= 4 is 5.91 Å². The lowest BCUT2D eigenvalue weighted by molar-refractivity contribution is -0.127. The highest BCUT2D eigenvalue weighted by Crippen LogP contribution is 2.47. The largest absolute Gasteiger partial charge is 0.497 e. The summed E-state index contributed by atoms with van der Waals surface area (Å²) in [5.41, 5.74) is 1.11. The number of nitrogens with one attached hydrogen (secondary N) is 1. The van der Waals surface area contributed by atoms with Gasteiger partial charge in [0.2, 0.25) is 5.91 Å². The molecule has 1 aromatic rings. The number of hydrogen-bond donors (Lipinski definition) is 1. The van der Waals surface area contributed by atoms with Crippen molar-refractivity contribution in [1.82, 2.24) is 5.32 Å². The van der Waals surface area contributed by atoms with E-state index in [1.165, 1.54) is 0 Å². The molecular formula is C18H23NO2. The molecule has 1 saturated carbocycles. The van der Waals surface area contributed by atoms with Gasteiger partial charge in [-0.25, -0.2) is 0 Å². The summed E-state index contributed by atoms with van der Waals surface area (Å²) >= 11 is 0. The highest BCUT2D eigenvalue weighted by atomic mass is 16.5. The second-order valence-corrected chi connectivity index (χ2v) is 6.34. The minimum absolute atomic E-state index is 0.0266. The highest BCUT2D eigenvalue weighted by Gasteiger charge is 2.45. The predicted molar refractivity (Wildman–Crippen MR) is 82.9 cm³/mol. The van der Waals surface area contributed by atoms with Gasteiger partial charge in [-0.2, -0.15) is 0 Å². The van der Waals surface area contributed by atoms with Gasteiger partial charge >= 0.3 is 0 Å². The van der Waals surface area contributed by atoms with E-state index in [4.69, 9.17) is 4.74 Å². The summed E-state index contributed by atoms with van der Waals surface area (Å²) < 4.78 is 5.16. The second kappa shape index (κ2) is 5.55. The maximum Gasteiger partial charge on any atom is 0.224 e. The highest BCUT2D eigenvalue weighted by molar-refractivity contribution is 5.80. The van der Waals surface area contributed by atoms with Gasteiger partial charge in [0, 0.05) is 5.92 Å². The Hall–Kier alpha value is -1.77. The molecule has 2 aliphatic rings. The number of benzene rings is 1. The Balaban J connectivity index is 1.65. The first-order valence-corrected chi connectivity index (χ1v) is 7.73. The SMILES string of the molecule is COc1ccc([C@@H](C)NC(=O)[C@@H]2[C@H](C)[C@@H]3C=C[C@H]2C3)cc1. The Labute approximate surface area is 126 Å². The molecule has 3 nitrogen and oxygen atoms in total. The van der Waals surface area contributed by atoms with Crippen LogP contribution < -0.4 is 10.1 Å². The van der Waals surface area contributed by atoms with Gasteiger partial charge < -0.3 is 10.1 Å². The monoisotopic (exact) mass is 285 g/mol. The fourth-order valence-electron chi connectivity index (χ4n) is 3.79. The number of allylic oxidation sites excluding steroid dienone is 2. The molecule has 2 aliphatic carbocycles. The van der Waals surface area contributed by atoms with Crippen LogP contribution in [0, 0.1) is 23.7 Å². The molecule has 0 heterocycles. The third-order valence-corrected chi connectivity index (χ3v) is 5.13. The first kappa shape index (κ1) is 14.2. The van der Waals surface area contributed by atoms with Crippen molar-refractivity contribution < 1.29 is 9.53 Å². The van der Waals surface area contributed by atoms with Gasteiger partial charge in [0.05, 0.1) is 13.2 Å². The van der Waals surface area contributed by atoms with Crippen molar-refractivity contribution in [2.24, 2.45) is 23.7 Å². The van der Waals surface area contributed by atoms with Crippen LogP contribution in [0.3, 0.4) is 0 Å². The standard InChI is InChI=1S/C18H23NO2/c1-11-14-4-5-15(10-14)17(11)18(20)19-12(2)13-6-8-16(21-3)9-7-13/h4-9,11-12,14-15,17H,10H2,1-3H3,(H,19,20)/t11-,12-,14-,15+,17-/m1/s1. The average molecular weight is 285 g/mol. The number of fused-ring (bicyclic) bond motifs is 2. The van der Waals surface area contributed by atoms with Crippen LogP contribution in [0.4, 0.5) is 0 Å². The van der Waals surface area contributed by atoms with Crippen LogP contribution in [0.2, 0.25) is 0 Å². The van der Waals surface area contributed by atoms with Gasteiger partial charge in [0.25, 0.3) is 0 Å². The zero-order valence-corrected chi connectivity index (χ0v) is 12.9. The van der Waals surface area contributed by atoms with Gasteiger partial charge in [-0.05, 0) is 48.8 Å². The number of hydrogen-bond acceptors (Lipinski definition) is 2. The summed E-state index contributed by atoms with van der Waals surface area (Å²) in [4.78, 5) is 12.6. The van der Waals surface area contributed by atoms with Crippen LogP contribution >= 0.6 is 0 Å². The van der Waals surface area contributed by atoms with Crippen LogP contribution in [0.15, 0.2) is 36.4 Å². The predicted octanol–water partition coefficient (Wildman–Crippen LogP) is 3.33. The summed E-state index contributed by atoms with van der Waals surface area (Å²) in [6.45, 7) is 4.24. The van der Waals surface area contributed by atoms with E-state index in [1.54, 1.807) is 7.11 Å². The smallest absolute Gasteiger partial charge is 0.224 e. The molecule has 0 saturated heterocycles. The fourth-order valence-corrected chi connectivity index (χ4v) is 3.79. The van der Waals surface area contributed by atoms with Gasteiger partial charge in [-0.15, -0.1) is 0 Å². The summed E-state index contributed by atoms with van der Waals surface area (Å²) in [7, 11) is 1.66. The summed E-state index contributed by atoms with van der Waals surface area (Å²) in [6.07, 6.45) is 5.66. The van der Waals surface area contributed by atoms with Gasteiger partial charge in [0.1, 0.15) is 5.75 Å². The number of ether oxygens (including phenoxy) is 1. The fraction of sp³-hybridized carbons (Fsp3) is 0.500. The van der Waals surface area contributed by atoms with Crippen molar-refractivity contribution in [2.45, 2.75) is 26.3 Å². The van der Waals surface area contributed by atoms with Crippen molar-refractivity contribution in [1.29, 1.82) is 0 Å². The minimum atomic E-state index is 0.0266. The normalized spacial score (nSPS) is 31.2. The van der Waals surface area contributed by atoms with E-state index in [-0.39, 0.29) is 17.9 Å². The van der Waals surface area contributed by atoms with Crippen LogP contribution in [0.25, 0.3) is 0 Å². The summed E-state index contributed by atoms with van der Waals surface area (Å²) in [5, 5.41) is 3.18. The molecule has 0 spiro atoms. The van der Waals surface area contributed by atoms with Crippen molar-refractivity contribution in [3.63, 3.8) is 0 Å². The van der Waals surface area contributed by atoms with E-state index in [0.29, 0.717) is 17.8 Å². The number of amides is 1. The van der Waals surface area contributed by atoms with Gasteiger partial charge in [0.15, 0.2) is 0 Å². The topological polar surface area (TPSA) is 38.3 Å². The molecule has 3 heteroatoms. The number of carbonyl (C=O) groups is 1. The van der Waals surface area contributed by atoms with Crippen LogP contribution in [-0.2, 0) is 4.79 Å². The summed E-state index contributed by atoms with van der Waals surface area (Å²) in [5.74, 6) is 2.67. The zero-order chi connectivity index (χ0) is 15.0. The van der Waals surface area contributed by atoms with Crippen molar-refractivity contribution in [3.8, 4) is 5.75 Å². The molecule has 0 radical (unpaired) electrons. The third-order valence-electron chi connectivity index (χ3n) is 5.13. The Morgan fingerprint density at radius 3 is 2.48 bits per heavy atom. The molecule has 21 heavy (non-hydrogen) atoms. The maximum absolute atomic E-state index is 12.6. The number of rotatable bonds is 4. The molecule has 1 N–H and O–H groups in total. The van der Waals surface area contributed by atoms with Crippen molar-refractivity contribution in [3.05, 3.63) is 42.0 Å². The minimum Gasteiger partial charge on any atom is -0.497 e. The van der Waals surface area contributed by atoms with Crippen molar-refractivity contribution in [2.75, 3.05) is 7.11 Å². The molecule has 1 aromatic carbocycles. The Morgan fingerprint density at radius 2 is 1.90 bits per heavy atom. The quantitative estimate of drug-likeness (QED) is 0.862. The van der Waals surface area contributed by atoms with E-state index in [2.05, 4.69) is 24.4 Å². The molecule has 2 bridgehead atoms. The van der Waals surface area contributed by atoms with E-state index in [9.17, 15) is 4.79 Å². The second-order valence-electron chi connectivity index (χ2n) is 6.34. The number of methoxy groups -OCH3 is 1. The molecular weight excluding hydrogens is 262 g/mol. The lowest BCUT2D eigenvalue weighted by Crippen LogP contribution is -2.37. The molecule has 1 amide bonds. The Bertz CT molecular complexity index is 549. The molecule has 1 fully saturated rings. The van der Waals surface area contributed by atoms with E-state index >= 15 is 0 Å². The molecule has 0 aromatic heterocycles. The van der Waals surface area contributed by atoms with Crippen LogP contribution in [-0.4, -0.2) is 13.0 Å². The first-order chi connectivity index (χ1) is 10.1. The van der Waals surface area contributed by atoms with Gasteiger partial charge in [-0.1, -0.05) is 31.2 Å². The molecule has 5 atom stereocenters. The summed E-state index contributed by atoms with van der Waals surface area (Å²) in [6, 6.07) is 7.91. The molecule has 112 valence electrons. The molecule has 3 rings (SSSR count). The lowest BCUT2D eigenvalue weighted by atomic mass is 9.83. The van der Waals surface area contributed by atoms with Crippen LogP contribution in [0.1, 0.15) is 31.9 Å². The Morgan fingerprint density at radius 1 is 1.24 bits per heavy atom. The lowest BCUT2D eigenvalue weighted by Gasteiger charge is -2.26. The number of carbonyl (C=O) groups excluding carboxylic acids is 1. The molecule has 0 aliphatic heterocycles. The first-order valence-electron chi connectivity index (χ1n) is 7.73.